The molecule has 3 heterocycles. The number of hydrogen-bond acceptors (Lipinski definition) is 5. The molecule has 0 radical (unpaired) electrons. The van der Waals surface area contributed by atoms with E-state index in [1.807, 2.05) is 30.4 Å². The fourth-order valence-electron chi connectivity index (χ4n) is 3.41. The number of nitrogens with zero attached hydrogens (tertiary/aromatic N) is 4. The van der Waals surface area contributed by atoms with Crippen LogP contribution in [0.5, 0.6) is 0 Å². The molecule has 1 aromatic heterocycles. The zero-order chi connectivity index (χ0) is 17.0. The summed E-state index contributed by atoms with van der Waals surface area (Å²) in [5, 5.41) is 11.5. The van der Waals surface area contributed by atoms with Gasteiger partial charge >= 0.3 is 0 Å². The van der Waals surface area contributed by atoms with Gasteiger partial charge in [-0.1, -0.05) is 0 Å². The third kappa shape index (κ3) is 3.85. The van der Waals surface area contributed by atoms with Crippen LogP contribution in [0.4, 0.5) is 0 Å². The maximum absolute atomic E-state index is 5.52. The van der Waals surface area contributed by atoms with Gasteiger partial charge in [0.2, 0.25) is 0 Å². The molecular weight excluding hydrogens is 324 g/mol. The van der Waals surface area contributed by atoms with Gasteiger partial charge in [0.25, 0.3) is 0 Å². The summed E-state index contributed by atoms with van der Waals surface area (Å²) < 4.78 is 7.77. The third-order valence-electron chi connectivity index (χ3n) is 4.93. The highest BCUT2D eigenvalue weighted by molar-refractivity contribution is 8.00. The number of aliphatic imine (C=N–C) groups is 1. The first-order valence-electron chi connectivity index (χ1n) is 8.67. The number of fused-ring (bicyclic) bond motifs is 1. The van der Waals surface area contributed by atoms with Crippen LogP contribution in [-0.4, -0.2) is 58.5 Å². The summed E-state index contributed by atoms with van der Waals surface area (Å²) >= 11 is 1.93. The molecule has 0 bridgehead atoms. The molecule has 134 valence electrons. The predicted octanol–water partition coefficient (Wildman–Crippen LogP) is 1.50. The Labute approximate surface area is 148 Å². The van der Waals surface area contributed by atoms with Gasteiger partial charge < -0.3 is 15.4 Å². The lowest BCUT2D eigenvalue weighted by atomic mass is 9.99. The van der Waals surface area contributed by atoms with E-state index in [1.54, 1.807) is 0 Å². The number of ether oxygens (including phenoxy) is 1. The van der Waals surface area contributed by atoms with Crippen molar-refractivity contribution in [3.05, 3.63) is 11.6 Å². The normalized spacial score (nSPS) is 23.6. The zero-order valence-corrected chi connectivity index (χ0v) is 15.7. The first kappa shape index (κ1) is 17.5. The Morgan fingerprint density at radius 2 is 2.25 bits per heavy atom. The monoisotopic (exact) mass is 352 g/mol. The number of hydrogen-bond donors (Lipinski definition) is 2. The SMILES string of the molecule is CN=C(NCC1(SC)CCOCC1)NC1CCCn2nc(C)nc21. The van der Waals surface area contributed by atoms with Crippen LogP contribution in [0.3, 0.4) is 0 Å². The average Bonchev–Trinajstić information content (AvgIpc) is 3.00. The van der Waals surface area contributed by atoms with Crippen LogP contribution in [-0.2, 0) is 11.3 Å². The molecule has 3 rings (SSSR count). The molecule has 0 spiro atoms. The van der Waals surface area contributed by atoms with Crippen molar-refractivity contribution in [1.82, 2.24) is 25.4 Å². The van der Waals surface area contributed by atoms with E-state index in [0.717, 1.165) is 69.6 Å². The van der Waals surface area contributed by atoms with E-state index in [2.05, 4.69) is 32.0 Å². The molecule has 1 unspecified atom stereocenters. The van der Waals surface area contributed by atoms with Crippen molar-refractivity contribution in [2.45, 2.75) is 49.9 Å². The second-order valence-corrected chi connectivity index (χ2v) is 7.78. The van der Waals surface area contributed by atoms with Gasteiger partial charge in [0.05, 0.1) is 6.04 Å². The van der Waals surface area contributed by atoms with E-state index in [1.165, 1.54) is 0 Å². The summed E-state index contributed by atoms with van der Waals surface area (Å²) in [7, 11) is 1.82. The molecule has 2 aliphatic heterocycles. The van der Waals surface area contributed by atoms with Crippen molar-refractivity contribution in [2.75, 3.05) is 33.1 Å². The summed E-state index contributed by atoms with van der Waals surface area (Å²) in [6.07, 6.45) is 6.51. The molecule has 0 aromatic carbocycles. The van der Waals surface area contributed by atoms with Crippen LogP contribution in [0.2, 0.25) is 0 Å². The van der Waals surface area contributed by atoms with Crippen LogP contribution in [0.15, 0.2) is 4.99 Å². The van der Waals surface area contributed by atoms with Crippen LogP contribution in [0.1, 0.15) is 43.4 Å². The lowest BCUT2D eigenvalue weighted by Gasteiger charge is -2.36. The second-order valence-electron chi connectivity index (χ2n) is 6.50. The number of guanidine groups is 1. The van der Waals surface area contributed by atoms with E-state index < -0.39 is 0 Å². The number of aryl methyl sites for hydroxylation is 2. The molecule has 1 atom stereocenters. The lowest BCUT2D eigenvalue weighted by molar-refractivity contribution is 0.0782. The Bertz CT molecular complexity index is 581. The molecule has 7 nitrogen and oxygen atoms in total. The van der Waals surface area contributed by atoms with Gasteiger partial charge in [-0.05, 0) is 38.9 Å². The van der Waals surface area contributed by atoms with E-state index in [9.17, 15) is 0 Å². The third-order valence-corrected chi connectivity index (χ3v) is 6.35. The van der Waals surface area contributed by atoms with Gasteiger partial charge in [-0.2, -0.15) is 16.9 Å². The van der Waals surface area contributed by atoms with Crippen molar-refractivity contribution in [2.24, 2.45) is 4.99 Å². The summed E-state index contributed by atoms with van der Waals surface area (Å²) in [5.41, 5.74) is 0. The van der Waals surface area contributed by atoms with Crippen LogP contribution >= 0.6 is 11.8 Å². The standard InChI is InChI=1S/C16H28N6OS/c1-12-19-14-13(5-4-8-22(14)21-12)20-15(17-2)18-11-16(24-3)6-9-23-10-7-16/h13H,4-11H2,1-3H3,(H2,17,18,20). The van der Waals surface area contributed by atoms with Crippen molar-refractivity contribution < 1.29 is 4.74 Å². The summed E-state index contributed by atoms with van der Waals surface area (Å²) in [6, 6.07) is 0.172. The van der Waals surface area contributed by atoms with Crippen molar-refractivity contribution in [3.8, 4) is 0 Å². The Morgan fingerprint density at radius 1 is 1.46 bits per heavy atom. The first-order valence-corrected chi connectivity index (χ1v) is 9.90. The summed E-state index contributed by atoms with van der Waals surface area (Å²) in [5.74, 6) is 2.70. The predicted molar refractivity (Wildman–Crippen MR) is 97.5 cm³/mol. The van der Waals surface area contributed by atoms with Gasteiger partial charge in [0.15, 0.2) is 5.96 Å². The van der Waals surface area contributed by atoms with Crippen LogP contribution in [0, 0.1) is 6.92 Å². The molecule has 24 heavy (non-hydrogen) atoms. The molecule has 2 N–H and O–H groups in total. The smallest absolute Gasteiger partial charge is 0.191 e. The van der Waals surface area contributed by atoms with Crippen molar-refractivity contribution >= 4 is 17.7 Å². The highest BCUT2D eigenvalue weighted by Gasteiger charge is 2.32. The number of rotatable bonds is 4. The van der Waals surface area contributed by atoms with E-state index >= 15 is 0 Å². The molecule has 1 aromatic rings. The maximum atomic E-state index is 5.52. The molecule has 2 aliphatic rings. The minimum absolute atomic E-state index is 0.172. The molecule has 1 fully saturated rings. The Morgan fingerprint density at radius 3 is 2.96 bits per heavy atom. The fourth-order valence-corrected chi connectivity index (χ4v) is 4.20. The van der Waals surface area contributed by atoms with Gasteiger partial charge in [0.1, 0.15) is 11.6 Å². The minimum atomic E-state index is 0.172. The van der Waals surface area contributed by atoms with Crippen molar-refractivity contribution in [3.63, 3.8) is 0 Å². The highest BCUT2D eigenvalue weighted by atomic mass is 32.2. The second kappa shape index (κ2) is 7.74. The zero-order valence-electron chi connectivity index (χ0n) is 14.8. The average molecular weight is 353 g/mol. The van der Waals surface area contributed by atoms with E-state index in [0.29, 0.717) is 0 Å². The van der Waals surface area contributed by atoms with Gasteiger partial charge in [0, 0.05) is 38.1 Å². The molecule has 0 saturated carbocycles. The van der Waals surface area contributed by atoms with Crippen molar-refractivity contribution in [1.29, 1.82) is 0 Å². The molecule has 0 amide bonds. The summed E-state index contributed by atoms with van der Waals surface area (Å²) in [4.78, 5) is 8.99. The molecule has 8 heteroatoms. The number of aromatic nitrogens is 3. The molecule has 1 saturated heterocycles. The van der Waals surface area contributed by atoms with Crippen LogP contribution in [0.25, 0.3) is 0 Å². The van der Waals surface area contributed by atoms with Gasteiger partial charge in [-0.3, -0.25) is 4.99 Å². The van der Waals surface area contributed by atoms with Gasteiger partial charge in [-0.15, -0.1) is 0 Å². The Kier molecular flexibility index (Phi) is 5.65. The Hall–Kier alpha value is -1.28. The fraction of sp³-hybridized carbons (Fsp3) is 0.812. The van der Waals surface area contributed by atoms with E-state index in [4.69, 9.17) is 4.74 Å². The topological polar surface area (TPSA) is 76.4 Å². The van der Waals surface area contributed by atoms with E-state index in [-0.39, 0.29) is 10.8 Å². The lowest BCUT2D eigenvalue weighted by Crippen LogP contribution is -2.49. The molecular formula is C16H28N6OS. The number of thioether (sulfide) groups is 1. The summed E-state index contributed by atoms with van der Waals surface area (Å²) in [6.45, 7) is 5.49. The highest BCUT2D eigenvalue weighted by Crippen LogP contribution is 2.33. The number of nitrogens with one attached hydrogen (secondary N) is 2. The minimum Gasteiger partial charge on any atom is -0.381 e. The largest absolute Gasteiger partial charge is 0.381 e. The van der Waals surface area contributed by atoms with Crippen LogP contribution < -0.4 is 10.6 Å². The maximum Gasteiger partial charge on any atom is 0.191 e. The molecule has 0 aliphatic carbocycles. The quantitative estimate of drug-likeness (QED) is 0.632. The Balaban J connectivity index is 1.61. The van der Waals surface area contributed by atoms with Gasteiger partial charge in [-0.25, -0.2) is 9.67 Å². The first-order chi connectivity index (χ1) is 11.7.